The molecular weight excluding hydrogens is 236 g/mol. The Balaban J connectivity index is 1.90. The Hall–Kier alpha value is -1.61. The Morgan fingerprint density at radius 3 is 2.74 bits per heavy atom. The number of hydrogen-bond acceptors (Lipinski definition) is 2. The number of aryl methyl sites for hydroxylation is 2. The smallest absolute Gasteiger partial charge is 0.107 e. The fraction of sp³-hybridized carbons (Fsp3) is 0.438. The van der Waals surface area contributed by atoms with Gasteiger partial charge in [-0.2, -0.15) is 5.10 Å². The van der Waals surface area contributed by atoms with Crippen LogP contribution in [0.1, 0.15) is 53.7 Å². The summed E-state index contributed by atoms with van der Waals surface area (Å²) in [4.78, 5) is 0. The maximum atomic E-state index is 10.5. The van der Waals surface area contributed by atoms with Crippen LogP contribution in [0.25, 0.3) is 0 Å². The lowest BCUT2D eigenvalue weighted by atomic mass is 9.79. The average Bonchev–Trinajstić information content (AvgIpc) is 2.66. The molecule has 1 atom stereocenters. The molecule has 100 valence electrons. The summed E-state index contributed by atoms with van der Waals surface area (Å²) in [5, 5.41) is 14.8. The van der Waals surface area contributed by atoms with E-state index in [-0.39, 0.29) is 0 Å². The summed E-state index contributed by atoms with van der Waals surface area (Å²) in [6, 6.07) is 8.38. The van der Waals surface area contributed by atoms with Crippen molar-refractivity contribution in [3.63, 3.8) is 0 Å². The van der Waals surface area contributed by atoms with Gasteiger partial charge in [0.2, 0.25) is 0 Å². The van der Waals surface area contributed by atoms with Gasteiger partial charge in [0.05, 0.1) is 5.69 Å². The van der Waals surface area contributed by atoms with Crippen molar-refractivity contribution in [3.8, 4) is 0 Å². The van der Waals surface area contributed by atoms with Crippen LogP contribution in [0.15, 0.2) is 30.5 Å². The molecule has 0 spiro atoms. The molecule has 3 heteroatoms. The zero-order chi connectivity index (χ0) is 13.4. The minimum atomic E-state index is -0.575. The van der Waals surface area contributed by atoms with Crippen molar-refractivity contribution in [2.24, 2.45) is 7.05 Å². The molecule has 0 saturated heterocycles. The Labute approximate surface area is 113 Å². The molecule has 3 rings (SSSR count). The zero-order valence-electron chi connectivity index (χ0n) is 11.5. The normalized spacial score (nSPS) is 17.2. The maximum Gasteiger partial charge on any atom is 0.107 e. The molecular formula is C16H20N2O. The predicted octanol–water partition coefficient (Wildman–Crippen LogP) is 3.08. The van der Waals surface area contributed by atoms with Crippen LogP contribution in [0, 0.1) is 6.92 Å². The van der Waals surface area contributed by atoms with E-state index in [1.165, 1.54) is 24.8 Å². The molecule has 0 radical (unpaired) electrons. The number of hydrogen-bond donors (Lipinski definition) is 1. The molecule has 1 N–H and O–H groups in total. The highest BCUT2D eigenvalue weighted by Gasteiger charge is 2.21. The molecule has 1 aromatic heterocycles. The van der Waals surface area contributed by atoms with E-state index in [4.69, 9.17) is 0 Å². The first-order valence-corrected chi connectivity index (χ1v) is 6.93. The van der Waals surface area contributed by atoms with E-state index in [0.29, 0.717) is 5.92 Å². The van der Waals surface area contributed by atoms with Gasteiger partial charge in [-0.15, -0.1) is 0 Å². The van der Waals surface area contributed by atoms with Crippen LogP contribution >= 0.6 is 0 Å². The standard InChI is InChI=1S/C16H20N2O/c1-11-15(10-18(2)17-11)16(19)14-8-4-7-13(9-14)12-5-3-6-12/h4,7-10,12,16,19H,3,5-6H2,1-2H3. The third-order valence-corrected chi connectivity index (χ3v) is 4.15. The Morgan fingerprint density at radius 2 is 2.16 bits per heavy atom. The first-order chi connectivity index (χ1) is 9.15. The first-order valence-electron chi connectivity index (χ1n) is 6.93. The van der Waals surface area contributed by atoms with Crippen molar-refractivity contribution < 1.29 is 5.11 Å². The van der Waals surface area contributed by atoms with Crippen molar-refractivity contribution in [1.29, 1.82) is 0 Å². The molecule has 0 bridgehead atoms. The Bertz CT molecular complexity index is 584. The fourth-order valence-corrected chi connectivity index (χ4v) is 2.79. The summed E-state index contributed by atoms with van der Waals surface area (Å²) in [6.07, 6.45) is 5.22. The molecule has 1 aliphatic carbocycles. The molecule has 1 aliphatic rings. The third kappa shape index (κ3) is 2.30. The van der Waals surface area contributed by atoms with Gasteiger partial charge in [0, 0.05) is 18.8 Å². The number of aromatic nitrogens is 2. The largest absolute Gasteiger partial charge is 0.384 e. The lowest BCUT2D eigenvalue weighted by Gasteiger charge is -2.26. The van der Waals surface area contributed by atoms with E-state index in [1.54, 1.807) is 4.68 Å². The van der Waals surface area contributed by atoms with Gasteiger partial charge in [-0.25, -0.2) is 0 Å². The number of aliphatic hydroxyl groups excluding tert-OH is 1. The van der Waals surface area contributed by atoms with Crippen molar-refractivity contribution in [3.05, 3.63) is 52.8 Å². The average molecular weight is 256 g/mol. The fourth-order valence-electron chi connectivity index (χ4n) is 2.79. The summed E-state index contributed by atoms with van der Waals surface area (Å²) in [6.45, 7) is 1.94. The van der Waals surface area contributed by atoms with Crippen molar-refractivity contribution in [2.45, 2.75) is 38.2 Å². The van der Waals surface area contributed by atoms with Gasteiger partial charge >= 0.3 is 0 Å². The number of aliphatic hydroxyl groups is 1. The second kappa shape index (κ2) is 4.82. The monoisotopic (exact) mass is 256 g/mol. The topological polar surface area (TPSA) is 38.0 Å². The summed E-state index contributed by atoms with van der Waals surface area (Å²) >= 11 is 0. The van der Waals surface area contributed by atoms with E-state index in [1.807, 2.05) is 26.2 Å². The maximum absolute atomic E-state index is 10.5. The second-order valence-electron chi connectivity index (χ2n) is 5.54. The highest BCUT2D eigenvalue weighted by atomic mass is 16.3. The first kappa shape index (κ1) is 12.4. The molecule has 0 aliphatic heterocycles. The van der Waals surface area contributed by atoms with Gasteiger partial charge < -0.3 is 5.11 Å². The highest BCUT2D eigenvalue weighted by molar-refractivity contribution is 5.35. The van der Waals surface area contributed by atoms with Crippen LogP contribution < -0.4 is 0 Å². The molecule has 1 unspecified atom stereocenters. The van der Waals surface area contributed by atoms with Gasteiger partial charge in [0.25, 0.3) is 0 Å². The van der Waals surface area contributed by atoms with Crippen LogP contribution in [0.2, 0.25) is 0 Å². The van der Waals surface area contributed by atoms with Crippen molar-refractivity contribution in [1.82, 2.24) is 9.78 Å². The zero-order valence-corrected chi connectivity index (χ0v) is 11.5. The minimum Gasteiger partial charge on any atom is -0.384 e. The van der Waals surface area contributed by atoms with E-state index in [0.717, 1.165) is 16.8 Å². The van der Waals surface area contributed by atoms with Gasteiger partial charge in [0.1, 0.15) is 6.10 Å². The number of rotatable bonds is 3. The Kier molecular flexibility index (Phi) is 3.15. The van der Waals surface area contributed by atoms with Crippen LogP contribution in [-0.2, 0) is 7.05 Å². The van der Waals surface area contributed by atoms with Crippen LogP contribution in [0.3, 0.4) is 0 Å². The van der Waals surface area contributed by atoms with Crippen molar-refractivity contribution >= 4 is 0 Å². The predicted molar refractivity (Wildman–Crippen MR) is 75.0 cm³/mol. The summed E-state index contributed by atoms with van der Waals surface area (Å²) < 4.78 is 1.75. The molecule has 2 aromatic rings. The van der Waals surface area contributed by atoms with E-state index in [9.17, 15) is 5.11 Å². The van der Waals surface area contributed by atoms with E-state index < -0.39 is 6.10 Å². The molecule has 3 nitrogen and oxygen atoms in total. The van der Waals surface area contributed by atoms with E-state index >= 15 is 0 Å². The minimum absolute atomic E-state index is 0.575. The molecule has 1 saturated carbocycles. The quantitative estimate of drug-likeness (QED) is 0.916. The van der Waals surface area contributed by atoms with Crippen molar-refractivity contribution in [2.75, 3.05) is 0 Å². The SMILES string of the molecule is Cc1nn(C)cc1C(O)c1cccc(C2CCC2)c1. The molecule has 19 heavy (non-hydrogen) atoms. The Morgan fingerprint density at radius 1 is 1.37 bits per heavy atom. The number of nitrogens with zero attached hydrogens (tertiary/aromatic N) is 2. The number of benzene rings is 1. The molecule has 1 heterocycles. The van der Waals surface area contributed by atoms with Gasteiger partial charge in [-0.3, -0.25) is 4.68 Å². The third-order valence-electron chi connectivity index (χ3n) is 4.15. The van der Waals surface area contributed by atoms with E-state index in [2.05, 4.69) is 23.3 Å². The van der Waals surface area contributed by atoms with Crippen LogP contribution in [0.5, 0.6) is 0 Å². The molecule has 1 fully saturated rings. The summed E-state index contributed by atoms with van der Waals surface area (Å²) in [5.74, 6) is 0.696. The lowest BCUT2D eigenvalue weighted by Crippen LogP contribution is -2.09. The van der Waals surface area contributed by atoms with Crippen LogP contribution in [0.4, 0.5) is 0 Å². The second-order valence-corrected chi connectivity index (χ2v) is 5.54. The van der Waals surface area contributed by atoms with Gasteiger partial charge in [0.15, 0.2) is 0 Å². The molecule has 1 aromatic carbocycles. The molecule has 0 amide bonds. The highest BCUT2D eigenvalue weighted by Crippen LogP contribution is 2.37. The summed E-state index contributed by atoms with van der Waals surface area (Å²) in [7, 11) is 1.88. The summed E-state index contributed by atoms with van der Waals surface area (Å²) in [5.41, 5.74) is 4.13. The van der Waals surface area contributed by atoms with Gasteiger partial charge in [-0.05, 0) is 36.8 Å². The lowest BCUT2D eigenvalue weighted by molar-refractivity contribution is 0.219. The van der Waals surface area contributed by atoms with Crippen LogP contribution in [-0.4, -0.2) is 14.9 Å². The van der Waals surface area contributed by atoms with Gasteiger partial charge in [-0.1, -0.05) is 30.7 Å².